The highest BCUT2D eigenvalue weighted by Gasteiger charge is 2.40. The lowest BCUT2D eigenvalue weighted by molar-refractivity contribution is -0.118. The van der Waals surface area contributed by atoms with Crippen molar-refractivity contribution in [2.75, 3.05) is 32.1 Å². The summed E-state index contributed by atoms with van der Waals surface area (Å²) in [5.41, 5.74) is 1.54. The number of dihydropyridines is 1. The number of allylic oxidation sites excluding steroid dienone is 2. The fourth-order valence-corrected chi connectivity index (χ4v) is 3.27. The first-order chi connectivity index (χ1) is 14.6. The summed E-state index contributed by atoms with van der Waals surface area (Å²) >= 11 is 0. The van der Waals surface area contributed by atoms with Gasteiger partial charge in [-0.05, 0) is 25.1 Å². The lowest BCUT2D eigenvalue weighted by Crippen LogP contribution is -2.42. The molecular weight excluding hydrogens is 423 g/mol. The Bertz CT molecular complexity index is 935. The monoisotopic (exact) mass is 444 g/mol. The summed E-state index contributed by atoms with van der Waals surface area (Å²) in [4.78, 5) is 12.5. The number of halogens is 5. The number of ether oxygens (including phenoxy) is 1. The molecule has 1 unspecified atom stereocenters. The molecule has 1 atom stereocenters. The van der Waals surface area contributed by atoms with Crippen molar-refractivity contribution in [3.8, 4) is 0 Å². The molecule has 3 N–H and O–H groups in total. The summed E-state index contributed by atoms with van der Waals surface area (Å²) in [6, 6.07) is 2.30. The van der Waals surface area contributed by atoms with Crippen molar-refractivity contribution in [3.63, 3.8) is 0 Å². The molecule has 0 aromatic heterocycles. The molecule has 31 heavy (non-hydrogen) atoms. The Hall–Kier alpha value is -3.08. The van der Waals surface area contributed by atoms with E-state index in [1.807, 2.05) is 0 Å². The van der Waals surface area contributed by atoms with E-state index in [2.05, 4.69) is 16.1 Å². The van der Waals surface area contributed by atoms with Gasteiger partial charge in [-0.2, -0.15) is 13.2 Å². The first-order valence-corrected chi connectivity index (χ1v) is 9.43. The maximum atomic E-state index is 13.7. The third-order valence-corrected chi connectivity index (χ3v) is 4.72. The third kappa shape index (κ3) is 4.98. The molecule has 0 radical (unpaired) electrons. The van der Waals surface area contributed by atoms with Gasteiger partial charge in [-0.15, -0.1) is 0 Å². The number of hydrogen-bond donors (Lipinski definition) is 3. The topological polar surface area (TPSA) is 65.6 Å². The minimum atomic E-state index is -4.63. The van der Waals surface area contributed by atoms with Gasteiger partial charge in [-0.1, -0.05) is 6.07 Å². The van der Waals surface area contributed by atoms with Gasteiger partial charge in [0.15, 0.2) is 11.7 Å². The molecule has 11 heteroatoms. The number of ketones is 1. The van der Waals surface area contributed by atoms with Crippen molar-refractivity contribution in [2.45, 2.75) is 19.1 Å². The maximum Gasteiger partial charge on any atom is 0.417 e. The van der Waals surface area contributed by atoms with Gasteiger partial charge >= 0.3 is 6.18 Å². The Morgan fingerprint density at radius 3 is 2.58 bits per heavy atom. The van der Waals surface area contributed by atoms with Crippen LogP contribution in [0.2, 0.25) is 0 Å². The molecule has 2 heterocycles. The Balaban J connectivity index is 1.81. The van der Waals surface area contributed by atoms with Crippen molar-refractivity contribution in [2.24, 2.45) is 0 Å². The molecule has 2 aliphatic rings. The van der Waals surface area contributed by atoms with Crippen molar-refractivity contribution < 1.29 is 31.5 Å². The van der Waals surface area contributed by atoms with Gasteiger partial charge in [0.1, 0.15) is 23.4 Å². The third-order valence-electron chi connectivity index (χ3n) is 4.72. The largest absolute Gasteiger partial charge is 0.479 e. The summed E-state index contributed by atoms with van der Waals surface area (Å²) in [7, 11) is 1.48. The Morgan fingerprint density at radius 1 is 1.29 bits per heavy atom. The van der Waals surface area contributed by atoms with Gasteiger partial charge < -0.3 is 20.4 Å². The van der Waals surface area contributed by atoms with E-state index in [1.54, 1.807) is 6.92 Å². The van der Waals surface area contributed by atoms with Crippen LogP contribution >= 0.6 is 0 Å². The highest BCUT2D eigenvalue weighted by atomic mass is 19.4. The molecule has 1 aromatic carbocycles. The predicted molar refractivity (Wildman–Crippen MR) is 103 cm³/mol. The molecule has 0 fully saturated rings. The van der Waals surface area contributed by atoms with Crippen LogP contribution in [0.15, 0.2) is 53.1 Å². The summed E-state index contributed by atoms with van der Waals surface area (Å²) in [6.45, 7) is 1.28. The molecule has 168 valence electrons. The van der Waals surface area contributed by atoms with E-state index in [0.717, 1.165) is 18.2 Å². The lowest BCUT2D eigenvalue weighted by Gasteiger charge is -2.27. The molecule has 6 nitrogen and oxygen atoms in total. The number of carbonyl (C=O) groups excluding carboxylic acids is 1. The number of likely N-dealkylation sites (N-methyl/N-ethyl adjacent to an activating group) is 1. The summed E-state index contributed by atoms with van der Waals surface area (Å²) in [5.74, 6) is -2.21. The molecule has 0 spiro atoms. The van der Waals surface area contributed by atoms with Gasteiger partial charge in [-0.25, -0.2) is 14.2 Å². The zero-order valence-corrected chi connectivity index (χ0v) is 16.7. The number of anilines is 1. The summed E-state index contributed by atoms with van der Waals surface area (Å²) in [5, 5.41) is 6.49. The summed E-state index contributed by atoms with van der Waals surface area (Å²) in [6.07, 6.45) is -2.40. The van der Waals surface area contributed by atoms with E-state index in [9.17, 15) is 26.7 Å². The van der Waals surface area contributed by atoms with E-state index in [4.69, 9.17) is 4.74 Å². The van der Waals surface area contributed by atoms with Crippen LogP contribution in [0.1, 0.15) is 6.92 Å². The molecule has 0 saturated carbocycles. The van der Waals surface area contributed by atoms with Crippen molar-refractivity contribution in [1.82, 2.24) is 15.8 Å². The molecular formula is C20H21F5N4O2. The highest BCUT2D eigenvalue weighted by molar-refractivity contribution is 5.90. The average molecular weight is 444 g/mol. The molecule has 0 saturated heterocycles. The quantitative estimate of drug-likeness (QED) is 0.562. The number of para-hydroxylation sites is 1. The van der Waals surface area contributed by atoms with Gasteiger partial charge in [0.05, 0.1) is 24.4 Å². The van der Waals surface area contributed by atoms with E-state index >= 15 is 0 Å². The second-order valence-electron chi connectivity index (χ2n) is 6.82. The maximum absolute atomic E-state index is 13.7. The minimum absolute atomic E-state index is 0.0107. The first kappa shape index (κ1) is 22.6. The van der Waals surface area contributed by atoms with Gasteiger partial charge in [0.25, 0.3) is 0 Å². The standard InChI is InChI=1S/C20H21F5N4O2/c1-3-31-18-7-12(20(23,24)25)11(9-26-18)16-8-15(28-29(16)2)17(30)10-27-19-13(21)5-4-6-14(19)22/h4-8,15,26-28H,3,9-10H2,1-2H3. The SMILES string of the molecule is CCOC1=CC(C(F)(F)F)=C(C2=CC(C(=O)CNc3c(F)cccc3F)NN2C)CN1. The van der Waals surface area contributed by atoms with Crippen LogP contribution in [-0.4, -0.2) is 49.8 Å². The van der Waals surface area contributed by atoms with Gasteiger partial charge in [0.2, 0.25) is 0 Å². The van der Waals surface area contributed by atoms with Gasteiger partial charge in [0, 0.05) is 25.2 Å². The zero-order chi connectivity index (χ0) is 22.8. The van der Waals surface area contributed by atoms with Crippen LogP contribution in [0, 0.1) is 11.6 Å². The Kier molecular flexibility index (Phi) is 6.54. The number of carbonyl (C=O) groups is 1. The number of rotatable bonds is 7. The molecule has 2 aliphatic heterocycles. The molecule has 0 bridgehead atoms. The number of nitrogens with one attached hydrogen (secondary N) is 3. The average Bonchev–Trinajstić information content (AvgIpc) is 3.08. The highest BCUT2D eigenvalue weighted by Crippen LogP contribution is 2.36. The van der Waals surface area contributed by atoms with Gasteiger partial charge in [-0.3, -0.25) is 4.79 Å². The van der Waals surface area contributed by atoms with Crippen molar-refractivity contribution >= 4 is 11.5 Å². The lowest BCUT2D eigenvalue weighted by atomic mass is 10.00. The number of alkyl halides is 3. The van der Waals surface area contributed by atoms with E-state index in [-0.39, 0.29) is 30.3 Å². The van der Waals surface area contributed by atoms with E-state index in [1.165, 1.54) is 24.2 Å². The predicted octanol–water partition coefficient (Wildman–Crippen LogP) is 2.99. The van der Waals surface area contributed by atoms with Crippen molar-refractivity contribution in [1.29, 1.82) is 0 Å². The van der Waals surface area contributed by atoms with Crippen LogP contribution in [0.4, 0.5) is 27.6 Å². The van der Waals surface area contributed by atoms with Crippen LogP contribution in [-0.2, 0) is 9.53 Å². The van der Waals surface area contributed by atoms with E-state index < -0.39 is 47.4 Å². The van der Waals surface area contributed by atoms with Crippen LogP contribution in [0.3, 0.4) is 0 Å². The molecule has 0 aliphatic carbocycles. The fraction of sp³-hybridized carbons (Fsp3) is 0.350. The van der Waals surface area contributed by atoms with Crippen molar-refractivity contribution in [3.05, 3.63) is 64.7 Å². The zero-order valence-electron chi connectivity index (χ0n) is 16.7. The summed E-state index contributed by atoms with van der Waals surface area (Å²) < 4.78 is 73.4. The molecule has 1 aromatic rings. The van der Waals surface area contributed by atoms with Crippen LogP contribution < -0.4 is 16.1 Å². The first-order valence-electron chi connectivity index (χ1n) is 9.43. The number of benzene rings is 1. The Labute approximate surface area is 175 Å². The second-order valence-corrected chi connectivity index (χ2v) is 6.82. The van der Waals surface area contributed by atoms with Crippen LogP contribution in [0.25, 0.3) is 0 Å². The fourth-order valence-electron chi connectivity index (χ4n) is 3.27. The molecule has 3 rings (SSSR count). The van der Waals surface area contributed by atoms with E-state index in [0.29, 0.717) is 0 Å². The number of hydrazine groups is 1. The van der Waals surface area contributed by atoms with Crippen LogP contribution in [0.5, 0.6) is 0 Å². The Morgan fingerprint density at radius 2 is 1.97 bits per heavy atom. The normalized spacial score (nSPS) is 19.1. The number of nitrogens with zero attached hydrogens (tertiary/aromatic N) is 1. The number of Topliss-reactive ketones (excluding diaryl/α,β-unsaturated/α-hetero) is 1. The second kappa shape index (κ2) is 8.96. The molecule has 0 amide bonds. The number of hydrogen-bond acceptors (Lipinski definition) is 6. The smallest absolute Gasteiger partial charge is 0.417 e. The minimum Gasteiger partial charge on any atom is -0.479 e.